The summed E-state index contributed by atoms with van der Waals surface area (Å²) in [6.45, 7) is 0. The molecule has 2 rings (SSSR count). The number of esters is 1. The Labute approximate surface area is 114 Å². The number of carbonyl (C=O) groups excluding carboxylic acids is 1. The third-order valence-electron chi connectivity index (χ3n) is 2.83. The van der Waals surface area contributed by atoms with Gasteiger partial charge in [0.2, 0.25) is 0 Å². The van der Waals surface area contributed by atoms with Crippen LogP contribution < -0.4 is 0 Å². The zero-order chi connectivity index (χ0) is 14.7. The summed E-state index contributed by atoms with van der Waals surface area (Å²) >= 11 is 0. The van der Waals surface area contributed by atoms with Gasteiger partial charge in [-0.05, 0) is 35.4 Å². The molecule has 0 heterocycles. The van der Waals surface area contributed by atoms with E-state index in [2.05, 4.69) is 4.74 Å². The molecule has 20 heavy (non-hydrogen) atoms. The van der Waals surface area contributed by atoms with E-state index in [9.17, 15) is 14.0 Å². The van der Waals surface area contributed by atoms with Gasteiger partial charge in [0.1, 0.15) is 5.82 Å². The lowest BCUT2D eigenvalue weighted by Gasteiger charge is -2.07. The molecule has 2 aromatic rings. The highest BCUT2D eigenvalue weighted by atomic mass is 19.1. The average Bonchev–Trinajstić information content (AvgIpc) is 2.46. The van der Waals surface area contributed by atoms with Gasteiger partial charge in [-0.25, -0.2) is 14.0 Å². The molecule has 0 spiro atoms. The minimum Gasteiger partial charge on any atom is -0.478 e. The summed E-state index contributed by atoms with van der Waals surface area (Å²) in [5, 5.41) is 9.09. The van der Waals surface area contributed by atoms with Crippen molar-refractivity contribution in [2.75, 3.05) is 7.11 Å². The Morgan fingerprint density at radius 3 is 2.30 bits per heavy atom. The van der Waals surface area contributed by atoms with Gasteiger partial charge in [0.15, 0.2) is 0 Å². The maximum atomic E-state index is 13.1. The van der Waals surface area contributed by atoms with Gasteiger partial charge in [-0.1, -0.05) is 18.2 Å². The molecule has 102 valence electrons. The lowest BCUT2D eigenvalue weighted by molar-refractivity contribution is 0.0599. The van der Waals surface area contributed by atoms with Crippen molar-refractivity contribution in [2.45, 2.75) is 0 Å². The molecule has 0 saturated carbocycles. The van der Waals surface area contributed by atoms with E-state index in [0.717, 1.165) is 6.07 Å². The van der Waals surface area contributed by atoms with Crippen LogP contribution in [0.25, 0.3) is 11.1 Å². The molecular weight excluding hydrogens is 263 g/mol. The molecule has 0 radical (unpaired) electrons. The van der Waals surface area contributed by atoms with Crippen molar-refractivity contribution in [3.05, 3.63) is 59.4 Å². The van der Waals surface area contributed by atoms with Gasteiger partial charge in [0, 0.05) is 0 Å². The van der Waals surface area contributed by atoms with Gasteiger partial charge in [0.05, 0.1) is 18.2 Å². The van der Waals surface area contributed by atoms with Crippen LogP contribution in [0.1, 0.15) is 20.7 Å². The summed E-state index contributed by atoms with van der Waals surface area (Å²) in [7, 11) is 1.28. The maximum Gasteiger partial charge on any atom is 0.337 e. The fraction of sp³-hybridized carbons (Fsp3) is 0.0667. The van der Waals surface area contributed by atoms with Crippen LogP contribution in [0.5, 0.6) is 0 Å². The summed E-state index contributed by atoms with van der Waals surface area (Å²) in [5.74, 6) is -2.30. The van der Waals surface area contributed by atoms with E-state index in [1.54, 1.807) is 12.1 Å². The summed E-state index contributed by atoms with van der Waals surface area (Å²) in [5.41, 5.74) is 1.19. The molecule has 5 heteroatoms. The molecule has 0 bridgehead atoms. The number of halogens is 1. The van der Waals surface area contributed by atoms with Crippen LogP contribution in [-0.2, 0) is 4.74 Å². The Balaban J connectivity index is 2.47. The first-order valence-corrected chi connectivity index (χ1v) is 5.74. The molecule has 0 aromatic heterocycles. The second kappa shape index (κ2) is 5.52. The number of carboxylic acid groups (broad SMARTS) is 1. The van der Waals surface area contributed by atoms with E-state index in [0.29, 0.717) is 16.7 Å². The number of hydrogen-bond donors (Lipinski definition) is 1. The molecule has 0 amide bonds. The van der Waals surface area contributed by atoms with E-state index in [4.69, 9.17) is 5.11 Å². The number of rotatable bonds is 3. The highest BCUT2D eigenvalue weighted by Crippen LogP contribution is 2.25. The third kappa shape index (κ3) is 2.66. The monoisotopic (exact) mass is 274 g/mol. The van der Waals surface area contributed by atoms with Crippen LogP contribution in [0.15, 0.2) is 42.5 Å². The smallest absolute Gasteiger partial charge is 0.337 e. The van der Waals surface area contributed by atoms with E-state index in [1.165, 1.54) is 31.4 Å². The van der Waals surface area contributed by atoms with Crippen molar-refractivity contribution in [1.29, 1.82) is 0 Å². The minimum absolute atomic E-state index is 0.129. The summed E-state index contributed by atoms with van der Waals surface area (Å²) in [6, 6.07) is 9.78. The van der Waals surface area contributed by atoms with Crippen molar-refractivity contribution < 1.29 is 23.8 Å². The molecule has 0 atom stereocenters. The van der Waals surface area contributed by atoms with Gasteiger partial charge in [-0.15, -0.1) is 0 Å². The molecule has 4 nitrogen and oxygen atoms in total. The van der Waals surface area contributed by atoms with Crippen LogP contribution in [0.2, 0.25) is 0 Å². The van der Waals surface area contributed by atoms with Gasteiger partial charge in [-0.2, -0.15) is 0 Å². The van der Waals surface area contributed by atoms with Gasteiger partial charge >= 0.3 is 11.9 Å². The van der Waals surface area contributed by atoms with Crippen molar-refractivity contribution in [2.24, 2.45) is 0 Å². The summed E-state index contributed by atoms with van der Waals surface area (Å²) < 4.78 is 17.7. The average molecular weight is 274 g/mol. The zero-order valence-electron chi connectivity index (χ0n) is 10.6. The van der Waals surface area contributed by atoms with Gasteiger partial charge < -0.3 is 9.84 Å². The lowest BCUT2D eigenvalue weighted by Crippen LogP contribution is -2.02. The second-order valence-electron chi connectivity index (χ2n) is 4.06. The number of hydrogen-bond acceptors (Lipinski definition) is 3. The molecule has 0 aliphatic rings. The standard InChI is InChI=1S/C15H11FO4/c1-20-15(19)10-4-2-9(3-5-10)12-7-6-11(16)8-13(12)14(17)18/h2-8H,1H3,(H,17,18). The van der Waals surface area contributed by atoms with Crippen molar-refractivity contribution in [3.63, 3.8) is 0 Å². The Hall–Kier alpha value is -2.69. The topological polar surface area (TPSA) is 63.6 Å². The lowest BCUT2D eigenvalue weighted by atomic mass is 9.98. The van der Waals surface area contributed by atoms with Crippen LogP contribution in [0.3, 0.4) is 0 Å². The zero-order valence-corrected chi connectivity index (χ0v) is 10.6. The number of aromatic carboxylic acids is 1. The molecule has 0 aliphatic heterocycles. The largest absolute Gasteiger partial charge is 0.478 e. The molecular formula is C15H11FO4. The predicted octanol–water partition coefficient (Wildman–Crippen LogP) is 2.98. The van der Waals surface area contributed by atoms with Crippen LogP contribution in [0.4, 0.5) is 4.39 Å². The molecule has 2 aromatic carbocycles. The van der Waals surface area contributed by atoms with Crippen LogP contribution in [-0.4, -0.2) is 24.2 Å². The number of carbonyl (C=O) groups is 2. The minimum atomic E-state index is -1.21. The second-order valence-corrected chi connectivity index (χ2v) is 4.06. The first-order chi connectivity index (χ1) is 9.52. The van der Waals surface area contributed by atoms with E-state index in [1.807, 2.05) is 0 Å². The van der Waals surface area contributed by atoms with Crippen molar-refractivity contribution in [1.82, 2.24) is 0 Å². The van der Waals surface area contributed by atoms with E-state index in [-0.39, 0.29) is 5.56 Å². The Kier molecular flexibility index (Phi) is 3.79. The molecule has 0 unspecified atom stereocenters. The van der Waals surface area contributed by atoms with Crippen LogP contribution in [0, 0.1) is 5.82 Å². The summed E-state index contributed by atoms with van der Waals surface area (Å²) in [4.78, 5) is 22.4. The summed E-state index contributed by atoms with van der Waals surface area (Å²) in [6.07, 6.45) is 0. The molecule has 0 saturated heterocycles. The van der Waals surface area contributed by atoms with Crippen LogP contribution >= 0.6 is 0 Å². The predicted molar refractivity (Wildman–Crippen MR) is 70.1 cm³/mol. The van der Waals surface area contributed by atoms with Crippen molar-refractivity contribution in [3.8, 4) is 11.1 Å². The van der Waals surface area contributed by atoms with E-state index < -0.39 is 17.8 Å². The fourth-order valence-electron chi connectivity index (χ4n) is 1.85. The molecule has 0 fully saturated rings. The van der Waals surface area contributed by atoms with Gasteiger partial charge in [0.25, 0.3) is 0 Å². The molecule has 0 aliphatic carbocycles. The van der Waals surface area contributed by atoms with Crippen molar-refractivity contribution >= 4 is 11.9 Å². The Bertz CT molecular complexity index is 662. The highest BCUT2D eigenvalue weighted by Gasteiger charge is 2.13. The third-order valence-corrected chi connectivity index (χ3v) is 2.83. The number of carboxylic acids is 1. The highest BCUT2D eigenvalue weighted by molar-refractivity contribution is 5.96. The quantitative estimate of drug-likeness (QED) is 0.874. The molecule has 1 N–H and O–H groups in total. The van der Waals surface area contributed by atoms with Gasteiger partial charge in [-0.3, -0.25) is 0 Å². The number of ether oxygens (including phenoxy) is 1. The number of methoxy groups -OCH3 is 1. The normalized spacial score (nSPS) is 10.1. The maximum absolute atomic E-state index is 13.1. The SMILES string of the molecule is COC(=O)c1ccc(-c2ccc(F)cc2C(=O)O)cc1. The first kappa shape index (κ1) is 13.7. The fourth-order valence-corrected chi connectivity index (χ4v) is 1.85. The first-order valence-electron chi connectivity index (χ1n) is 5.74. The van der Waals surface area contributed by atoms with E-state index >= 15 is 0 Å². The number of benzene rings is 2. The Morgan fingerprint density at radius 1 is 1.10 bits per heavy atom. The Morgan fingerprint density at radius 2 is 1.75 bits per heavy atom.